The maximum Gasteiger partial charge on any atom is 0.324 e. The molecule has 0 bridgehead atoms. The minimum absolute atomic E-state index is 0.260. The number of nitrogens with zero attached hydrogens (tertiary/aromatic N) is 2. The topological polar surface area (TPSA) is 68.2 Å². The van der Waals surface area contributed by atoms with E-state index in [-0.39, 0.29) is 12.1 Å². The van der Waals surface area contributed by atoms with Crippen LogP contribution in [0.4, 0.5) is 15.5 Å². The number of urea groups is 1. The number of aromatic nitrogens is 2. The van der Waals surface area contributed by atoms with Gasteiger partial charge in [-0.2, -0.15) is 5.10 Å². The molecule has 19 heavy (non-hydrogen) atoms. The van der Waals surface area contributed by atoms with Crippen LogP contribution in [0.15, 0.2) is 29.9 Å². The predicted molar refractivity (Wildman–Crippen MR) is 73.7 cm³/mol. The number of hydrogen-bond acceptors (Lipinski definition) is 4. The third kappa shape index (κ3) is 2.94. The maximum absolute atomic E-state index is 11.7. The molecule has 0 radical (unpaired) electrons. The Bertz CT molecular complexity index is 546. The Morgan fingerprint density at radius 2 is 2.47 bits per heavy atom. The van der Waals surface area contributed by atoms with E-state index in [1.807, 2.05) is 28.4 Å². The van der Waals surface area contributed by atoms with Crippen LogP contribution in [0.1, 0.15) is 12.5 Å². The first-order valence-corrected chi connectivity index (χ1v) is 6.92. The standard InChI is InChI=1S/C12H14N4O2S/c17-12(15-11-2-1-5-19-11)14-9-6-13-16(7-9)10-3-4-18-8-10/h1-2,5-7,10H,3-4,8H2,(H2,14,15,17)/t10-/m1/s1. The van der Waals surface area contributed by atoms with E-state index in [9.17, 15) is 4.79 Å². The summed E-state index contributed by atoms with van der Waals surface area (Å²) >= 11 is 1.48. The SMILES string of the molecule is O=C(Nc1cnn([C@@H]2CCOC2)c1)Nc1cccs1. The zero-order valence-electron chi connectivity index (χ0n) is 10.2. The van der Waals surface area contributed by atoms with Crippen LogP contribution in [0.5, 0.6) is 0 Å². The summed E-state index contributed by atoms with van der Waals surface area (Å²) < 4.78 is 7.15. The molecule has 2 amide bonds. The van der Waals surface area contributed by atoms with Gasteiger partial charge in [0.15, 0.2) is 0 Å². The molecule has 0 spiro atoms. The van der Waals surface area contributed by atoms with Crippen molar-refractivity contribution in [3.05, 3.63) is 29.9 Å². The number of ether oxygens (including phenoxy) is 1. The van der Waals surface area contributed by atoms with Crippen molar-refractivity contribution in [1.29, 1.82) is 0 Å². The van der Waals surface area contributed by atoms with Crippen molar-refractivity contribution >= 4 is 28.1 Å². The summed E-state index contributed by atoms with van der Waals surface area (Å²) in [5, 5.41) is 12.5. The van der Waals surface area contributed by atoms with Crippen LogP contribution in [-0.4, -0.2) is 29.0 Å². The van der Waals surface area contributed by atoms with Gasteiger partial charge in [-0.1, -0.05) is 0 Å². The van der Waals surface area contributed by atoms with Crippen LogP contribution in [0, 0.1) is 0 Å². The number of hydrogen-bond donors (Lipinski definition) is 2. The molecule has 0 unspecified atom stereocenters. The molecular formula is C12H14N4O2S. The minimum atomic E-state index is -0.260. The molecule has 100 valence electrons. The van der Waals surface area contributed by atoms with E-state index in [0.717, 1.165) is 18.0 Å². The summed E-state index contributed by atoms with van der Waals surface area (Å²) in [4.78, 5) is 11.7. The van der Waals surface area contributed by atoms with E-state index in [4.69, 9.17) is 4.74 Å². The summed E-state index contributed by atoms with van der Waals surface area (Å²) in [7, 11) is 0. The summed E-state index contributed by atoms with van der Waals surface area (Å²) in [6, 6.07) is 3.75. The maximum atomic E-state index is 11.7. The first-order valence-electron chi connectivity index (χ1n) is 6.05. The number of carbonyl (C=O) groups excluding carboxylic acids is 1. The molecular weight excluding hydrogens is 264 g/mol. The highest BCUT2D eigenvalue weighted by Gasteiger charge is 2.18. The van der Waals surface area contributed by atoms with Gasteiger partial charge in [-0.15, -0.1) is 11.3 Å². The Labute approximate surface area is 114 Å². The van der Waals surface area contributed by atoms with Crippen LogP contribution in [0.25, 0.3) is 0 Å². The molecule has 1 fully saturated rings. The Hall–Kier alpha value is -1.86. The number of anilines is 2. The molecule has 2 N–H and O–H groups in total. The lowest BCUT2D eigenvalue weighted by molar-refractivity contribution is 0.184. The van der Waals surface area contributed by atoms with Gasteiger partial charge in [0.2, 0.25) is 0 Å². The molecule has 1 atom stereocenters. The largest absolute Gasteiger partial charge is 0.379 e. The molecule has 0 aromatic carbocycles. The molecule has 0 saturated carbocycles. The molecule has 0 aliphatic carbocycles. The van der Waals surface area contributed by atoms with Gasteiger partial charge in [0.05, 0.1) is 29.5 Å². The van der Waals surface area contributed by atoms with E-state index in [2.05, 4.69) is 15.7 Å². The Morgan fingerprint density at radius 3 is 3.21 bits per heavy atom. The second-order valence-electron chi connectivity index (χ2n) is 4.28. The van der Waals surface area contributed by atoms with Crippen LogP contribution in [0.3, 0.4) is 0 Å². The summed E-state index contributed by atoms with van der Waals surface area (Å²) in [6.45, 7) is 1.45. The average Bonchev–Trinajstić information content (AvgIpc) is 3.09. The normalized spacial score (nSPS) is 18.4. The molecule has 1 aliphatic heterocycles. The molecule has 1 aliphatic rings. The van der Waals surface area contributed by atoms with Gasteiger partial charge in [0.1, 0.15) is 0 Å². The fraction of sp³-hybridized carbons (Fsp3) is 0.333. The lowest BCUT2D eigenvalue weighted by atomic mass is 10.3. The summed E-state index contributed by atoms with van der Waals surface area (Å²) in [6.07, 6.45) is 4.43. The zero-order chi connectivity index (χ0) is 13.1. The molecule has 1 saturated heterocycles. The molecule has 3 heterocycles. The third-order valence-corrected chi connectivity index (χ3v) is 3.68. The van der Waals surface area contributed by atoms with E-state index < -0.39 is 0 Å². The molecule has 7 heteroatoms. The number of thiophene rings is 1. The number of carbonyl (C=O) groups is 1. The van der Waals surface area contributed by atoms with Gasteiger partial charge in [0, 0.05) is 12.8 Å². The van der Waals surface area contributed by atoms with Gasteiger partial charge in [0.25, 0.3) is 0 Å². The zero-order valence-corrected chi connectivity index (χ0v) is 11.0. The predicted octanol–water partition coefficient (Wildman–Crippen LogP) is 2.55. The highest BCUT2D eigenvalue weighted by atomic mass is 32.1. The second kappa shape index (κ2) is 5.41. The number of amides is 2. The highest BCUT2D eigenvalue weighted by Crippen LogP contribution is 2.20. The monoisotopic (exact) mass is 278 g/mol. The molecule has 6 nitrogen and oxygen atoms in total. The van der Waals surface area contributed by atoms with Crippen molar-refractivity contribution in [3.63, 3.8) is 0 Å². The van der Waals surface area contributed by atoms with E-state index in [1.54, 1.807) is 6.20 Å². The van der Waals surface area contributed by atoms with Crippen molar-refractivity contribution in [2.45, 2.75) is 12.5 Å². The second-order valence-corrected chi connectivity index (χ2v) is 5.23. The van der Waals surface area contributed by atoms with Crippen molar-refractivity contribution < 1.29 is 9.53 Å². The fourth-order valence-electron chi connectivity index (χ4n) is 1.96. The van der Waals surface area contributed by atoms with Crippen LogP contribution < -0.4 is 10.6 Å². The number of rotatable bonds is 3. The summed E-state index contributed by atoms with van der Waals surface area (Å²) in [5.41, 5.74) is 0.681. The first kappa shape index (κ1) is 12.2. The van der Waals surface area contributed by atoms with Gasteiger partial charge in [-0.3, -0.25) is 10.00 Å². The van der Waals surface area contributed by atoms with Gasteiger partial charge in [-0.05, 0) is 23.9 Å². The lowest BCUT2D eigenvalue weighted by Gasteiger charge is -2.07. The van der Waals surface area contributed by atoms with Crippen molar-refractivity contribution in [1.82, 2.24) is 9.78 Å². The van der Waals surface area contributed by atoms with Crippen LogP contribution >= 0.6 is 11.3 Å². The average molecular weight is 278 g/mol. The van der Waals surface area contributed by atoms with Crippen LogP contribution in [0.2, 0.25) is 0 Å². The number of nitrogens with one attached hydrogen (secondary N) is 2. The third-order valence-electron chi connectivity index (χ3n) is 2.90. The van der Waals surface area contributed by atoms with E-state index >= 15 is 0 Å². The Morgan fingerprint density at radius 1 is 1.53 bits per heavy atom. The van der Waals surface area contributed by atoms with Crippen molar-refractivity contribution in [2.75, 3.05) is 23.8 Å². The lowest BCUT2D eigenvalue weighted by Crippen LogP contribution is -2.18. The highest BCUT2D eigenvalue weighted by molar-refractivity contribution is 7.14. The summed E-state index contributed by atoms with van der Waals surface area (Å²) in [5.74, 6) is 0. The van der Waals surface area contributed by atoms with E-state index in [1.165, 1.54) is 11.3 Å². The molecule has 3 rings (SSSR count). The molecule has 2 aromatic rings. The quantitative estimate of drug-likeness (QED) is 0.906. The van der Waals surface area contributed by atoms with Gasteiger partial charge >= 0.3 is 6.03 Å². The van der Waals surface area contributed by atoms with E-state index in [0.29, 0.717) is 12.3 Å². The first-order chi connectivity index (χ1) is 9.31. The Balaban J connectivity index is 1.59. The van der Waals surface area contributed by atoms with Gasteiger partial charge in [-0.25, -0.2) is 4.79 Å². The van der Waals surface area contributed by atoms with Crippen molar-refractivity contribution in [2.24, 2.45) is 0 Å². The van der Waals surface area contributed by atoms with Crippen molar-refractivity contribution in [3.8, 4) is 0 Å². The molecule has 2 aromatic heterocycles. The smallest absolute Gasteiger partial charge is 0.324 e. The Kier molecular flexibility index (Phi) is 3.47. The minimum Gasteiger partial charge on any atom is -0.379 e. The fourth-order valence-corrected chi connectivity index (χ4v) is 2.57. The van der Waals surface area contributed by atoms with Crippen LogP contribution in [-0.2, 0) is 4.74 Å². The van der Waals surface area contributed by atoms with Gasteiger partial charge < -0.3 is 10.1 Å².